The van der Waals surface area contributed by atoms with Crippen LogP contribution >= 0.6 is 0 Å². The molecule has 7 rings (SSSR count). The highest BCUT2D eigenvalue weighted by Crippen LogP contribution is 2.80. The third-order valence-corrected chi connectivity index (χ3v) is 14.3. The van der Waals surface area contributed by atoms with E-state index in [0.29, 0.717) is 10.8 Å². The van der Waals surface area contributed by atoms with Gasteiger partial charge in [0.05, 0.1) is 0 Å². The van der Waals surface area contributed by atoms with Gasteiger partial charge in [-0.1, -0.05) is 107 Å². The fourth-order valence-electron chi connectivity index (χ4n) is 12.7. The number of hydrogen-bond acceptors (Lipinski definition) is 0. The molecule has 7 aliphatic rings. The highest BCUT2D eigenvalue weighted by atomic mass is 14.8. The normalized spacial score (nSPS) is 38.2. The van der Waals surface area contributed by atoms with Gasteiger partial charge in [-0.2, -0.15) is 0 Å². The molecule has 0 saturated heterocycles. The van der Waals surface area contributed by atoms with Gasteiger partial charge in [-0.25, -0.2) is 0 Å². The predicted molar refractivity (Wildman–Crippen MR) is 162 cm³/mol. The average molecular weight is 519 g/mol. The first kappa shape index (κ1) is 26.6. The second-order valence-corrected chi connectivity index (χ2v) is 16.0. The highest BCUT2D eigenvalue weighted by molar-refractivity contribution is 5.42. The second kappa shape index (κ2) is 11.6. The van der Waals surface area contributed by atoms with E-state index in [1.54, 1.807) is 116 Å². The molecule has 0 bridgehead atoms. The second-order valence-electron chi connectivity index (χ2n) is 16.0. The summed E-state index contributed by atoms with van der Waals surface area (Å²) in [6.45, 7) is 0. The summed E-state index contributed by atoms with van der Waals surface area (Å²) in [5.74, 6) is 6.23. The van der Waals surface area contributed by atoms with Gasteiger partial charge < -0.3 is 0 Å². The number of hydrogen-bond donors (Lipinski definition) is 0. The molecule has 6 saturated carbocycles. The Kier molecular flexibility index (Phi) is 8.09. The minimum Gasteiger partial charge on any atom is -0.0664 e. The average Bonchev–Trinajstić information content (AvgIpc) is 3.60. The van der Waals surface area contributed by atoms with Crippen molar-refractivity contribution in [3.8, 4) is 0 Å². The molecule has 0 aliphatic heterocycles. The Balaban J connectivity index is 1.44. The molecule has 0 aromatic rings. The molecule has 0 nitrogen and oxygen atoms in total. The van der Waals surface area contributed by atoms with Crippen LogP contribution in [0, 0.1) is 46.3 Å². The first-order chi connectivity index (χ1) is 18.9. The lowest BCUT2D eigenvalue weighted by molar-refractivity contribution is -0.120. The van der Waals surface area contributed by atoms with Crippen molar-refractivity contribution in [1.82, 2.24) is 0 Å². The summed E-state index contributed by atoms with van der Waals surface area (Å²) in [6.07, 6.45) is 43.8. The van der Waals surface area contributed by atoms with Crippen molar-refractivity contribution in [2.75, 3.05) is 0 Å². The molecule has 7 aliphatic carbocycles. The van der Waals surface area contributed by atoms with Crippen molar-refractivity contribution in [2.45, 2.75) is 180 Å². The van der Waals surface area contributed by atoms with Crippen LogP contribution in [-0.2, 0) is 0 Å². The van der Waals surface area contributed by atoms with Crippen LogP contribution < -0.4 is 0 Å². The zero-order valence-corrected chi connectivity index (χ0v) is 25.3. The zero-order valence-electron chi connectivity index (χ0n) is 25.3. The Bertz CT molecular complexity index is 799. The number of rotatable bonds is 6. The van der Waals surface area contributed by atoms with Crippen molar-refractivity contribution in [2.24, 2.45) is 46.3 Å². The third-order valence-electron chi connectivity index (χ3n) is 14.3. The Morgan fingerprint density at radius 3 is 1.24 bits per heavy atom. The monoisotopic (exact) mass is 518 g/mol. The van der Waals surface area contributed by atoms with Crippen LogP contribution in [0.5, 0.6) is 0 Å². The van der Waals surface area contributed by atoms with Crippen LogP contribution in [0.4, 0.5) is 0 Å². The molecule has 38 heavy (non-hydrogen) atoms. The maximum Gasteiger partial charge on any atom is 0.00386 e. The van der Waals surface area contributed by atoms with Crippen LogP contribution in [0.1, 0.15) is 180 Å². The van der Waals surface area contributed by atoms with Gasteiger partial charge in [0.25, 0.3) is 0 Å². The van der Waals surface area contributed by atoms with Gasteiger partial charge in [-0.15, -0.1) is 0 Å². The van der Waals surface area contributed by atoms with Gasteiger partial charge in [0.2, 0.25) is 0 Å². The van der Waals surface area contributed by atoms with Gasteiger partial charge in [0.1, 0.15) is 0 Å². The Hall–Kier alpha value is -0.260. The van der Waals surface area contributed by atoms with E-state index in [0.717, 1.165) is 35.5 Å². The van der Waals surface area contributed by atoms with E-state index in [-0.39, 0.29) is 0 Å². The first-order valence-electron chi connectivity index (χ1n) is 18.6. The minimum absolute atomic E-state index is 0.628. The van der Waals surface area contributed by atoms with Crippen LogP contribution in [0.3, 0.4) is 0 Å². The van der Waals surface area contributed by atoms with E-state index in [9.17, 15) is 0 Å². The van der Waals surface area contributed by atoms with Gasteiger partial charge in [-0.3, -0.25) is 0 Å². The van der Waals surface area contributed by atoms with Crippen molar-refractivity contribution in [1.29, 1.82) is 0 Å². The molecule has 0 heterocycles. The summed E-state index contributed by atoms with van der Waals surface area (Å²) in [6, 6.07) is 0. The van der Waals surface area contributed by atoms with Gasteiger partial charge in [-0.05, 0) is 124 Å². The molecule has 0 amide bonds. The lowest BCUT2D eigenvalue weighted by atomic mass is 9.41. The summed E-state index contributed by atoms with van der Waals surface area (Å²) < 4.78 is 0. The van der Waals surface area contributed by atoms with E-state index < -0.39 is 0 Å². The Labute approximate surface area is 237 Å². The van der Waals surface area contributed by atoms with E-state index in [4.69, 9.17) is 0 Å². The largest absolute Gasteiger partial charge is 0.0664 e. The van der Waals surface area contributed by atoms with E-state index in [1.807, 2.05) is 0 Å². The number of allylic oxidation sites excluding steroid dienone is 2. The summed E-state index contributed by atoms with van der Waals surface area (Å²) >= 11 is 0. The van der Waals surface area contributed by atoms with Gasteiger partial charge in [0.15, 0.2) is 0 Å². The van der Waals surface area contributed by atoms with Crippen LogP contribution in [0.15, 0.2) is 11.1 Å². The maximum absolute atomic E-state index is 2.29. The van der Waals surface area contributed by atoms with Crippen molar-refractivity contribution in [3.05, 3.63) is 11.1 Å². The molecule has 0 N–H and O–H groups in total. The fourth-order valence-corrected chi connectivity index (χ4v) is 12.7. The summed E-state index contributed by atoms with van der Waals surface area (Å²) in [4.78, 5) is 0. The quantitative estimate of drug-likeness (QED) is 0.242. The van der Waals surface area contributed by atoms with E-state index >= 15 is 0 Å². The Morgan fingerprint density at radius 2 is 0.737 bits per heavy atom. The Morgan fingerprint density at radius 1 is 0.342 bits per heavy atom. The van der Waals surface area contributed by atoms with Crippen molar-refractivity contribution < 1.29 is 0 Å². The summed E-state index contributed by atoms with van der Waals surface area (Å²) in [5.41, 5.74) is 5.82. The highest BCUT2D eigenvalue weighted by Gasteiger charge is 2.72. The SMILES string of the molecule is C1CCCC(C2=C(C3CCCCCC3)C(C3CCCCC3)(C3CCCC3)C(C3CCC3)(C3CC3)C2)CCC1. The summed E-state index contributed by atoms with van der Waals surface area (Å²) in [7, 11) is 0. The van der Waals surface area contributed by atoms with Gasteiger partial charge in [0, 0.05) is 5.41 Å². The van der Waals surface area contributed by atoms with Crippen LogP contribution in [0.25, 0.3) is 0 Å². The molecule has 2 unspecified atom stereocenters. The fraction of sp³-hybridized carbons (Fsp3) is 0.947. The van der Waals surface area contributed by atoms with Crippen molar-refractivity contribution in [3.63, 3.8) is 0 Å². The zero-order chi connectivity index (χ0) is 25.4. The molecule has 0 spiro atoms. The summed E-state index contributed by atoms with van der Waals surface area (Å²) in [5, 5.41) is 0. The first-order valence-corrected chi connectivity index (χ1v) is 18.6. The van der Waals surface area contributed by atoms with Gasteiger partial charge >= 0.3 is 0 Å². The molecule has 0 aromatic carbocycles. The maximum atomic E-state index is 2.29. The molecule has 0 heteroatoms. The molecule has 0 radical (unpaired) electrons. The minimum atomic E-state index is 0.628. The molecule has 0 aromatic heterocycles. The topological polar surface area (TPSA) is 0 Å². The third kappa shape index (κ3) is 4.42. The van der Waals surface area contributed by atoms with Crippen LogP contribution in [0.2, 0.25) is 0 Å². The van der Waals surface area contributed by atoms with E-state index in [1.165, 1.54) is 64.2 Å². The smallest absolute Gasteiger partial charge is 0.00386 e. The van der Waals surface area contributed by atoms with E-state index in [2.05, 4.69) is 11.1 Å². The molecular formula is C38H62. The predicted octanol–water partition coefficient (Wildman–Crippen LogP) is 12.0. The molecule has 2 atom stereocenters. The standard InChI is InChI=1S/C38H62/c1-2-7-16-29(17-8-3-1)35-28-37(32-26-27-32,31-24-15-25-31)38(34-22-13-14-23-34,33-20-11-6-12-21-33)36(35)30-18-9-4-5-10-19-30/h29-34H,1-28H2. The molecule has 214 valence electrons. The van der Waals surface area contributed by atoms with Crippen LogP contribution in [-0.4, -0.2) is 0 Å². The lowest BCUT2D eigenvalue weighted by Gasteiger charge is -2.63. The lowest BCUT2D eigenvalue weighted by Crippen LogP contribution is -2.57. The molecular weight excluding hydrogens is 456 g/mol. The molecule has 6 fully saturated rings. The van der Waals surface area contributed by atoms with Crippen molar-refractivity contribution >= 4 is 0 Å².